The van der Waals surface area contributed by atoms with Crippen LogP contribution in [0.3, 0.4) is 0 Å². The molecule has 6 atom stereocenters. The Morgan fingerprint density at radius 2 is 1.46 bits per heavy atom. The van der Waals surface area contributed by atoms with E-state index in [1.807, 2.05) is 19.9 Å². The molecule has 10 heteroatoms. The second-order valence-electron chi connectivity index (χ2n) is 9.40. The fourth-order valence-electron chi connectivity index (χ4n) is 3.87. The van der Waals surface area contributed by atoms with Crippen LogP contribution in [0.1, 0.15) is 32.3 Å². The maximum Gasteiger partial charge on any atom is 0.309 e. The molecular weight excluding hydrogens is 498 g/mol. The molecule has 9 nitrogen and oxygen atoms in total. The molecule has 2 heterocycles. The van der Waals surface area contributed by atoms with Gasteiger partial charge in [-0.1, -0.05) is 68.0 Å². The molecule has 2 aliphatic rings. The molecule has 0 aliphatic carbocycles. The van der Waals surface area contributed by atoms with Gasteiger partial charge in [0.1, 0.15) is 25.4 Å². The monoisotopic (exact) mass is 533 g/mol. The van der Waals surface area contributed by atoms with Crippen LogP contribution in [-0.2, 0) is 33.8 Å². The van der Waals surface area contributed by atoms with Gasteiger partial charge in [0.2, 0.25) is 10.0 Å². The summed E-state index contributed by atoms with van der Waals surface area (Å²) in [6.07, 6.45) is 8.07. The summed E-state index contributed by atoms with van der Waals surface area (Å²) in [5, 5.41) is 10.2. The van der Waals surface area contributed by atoms with Crippen LogP contribution in [0.25, 0.3) is 0 Å². The van der Waals surface area contributed by atoms with Crippen LogP contribution < -0.4 is 4.72 Å². The molecule has 0 unspecified atom stereocenters. The number of cyclic esters (lactones) is 2. The fourth-order valence-corrected chi connectivity index (χ4v) is 5.18. The number of sulfonamides is 1. The SMILES string of the molecule is Cc1ccc(S(=O)(=O)N[C@@H]2COC(=O)C/C=C/[C@@H](C)[C@@H]3C=C[C@H](O)[C@@H](COC(=O)C/C=C/[C@H]2C)O3)cc1. The first-order chi connectivity index (χ1) is 17.5. The molecule has 3 rings (SSSR count). The van der Waals surface area contributed by atoms with E-state index in [2.05, 4.69) is 4.72 Å². The van der Waals surface area contributed by atoms with Gasteiger partial charge in [0.25, 0.3) is 0 Å². The largest absolute Gasteiger partial charge is 0.464 e. The molecule has 0 amide bonds. The quantitative estimate of drug-likeness (QED) is 0.448. The Balaban J connectivity index is 1.77. The van der Waals surface area contributed by atoms with E-state index in [4.69, 9.17) is 14.2 Å². The number of hydrogen-bond acceptors (Lipinski definition) is 8. The number of carbonyl (C=O) groups excluding carboxylic acids is 2. The number of fused-ring (bicyclic) bond motifs is 2. The maximum atomic E-state index is 13.0. The lowest BCUT2D eigenvalue weighted by molar-refractivity contribution is -0.153. The molecule has 1 aromatic carbocycles. The van der Waals surface area contributed by atoms with Gasteiger partial charge in [-0.15, -0.1) is 0 Å². The van der Waals surface area contributed by atoms with Crippen molar-refractivity contribution in [1.29, 1.82) is 0 Å². The van der Waals surface area contributed by atoms with Gasteiger partial charge in [-0.3, -0.25) is 9.59 Å². The first kappa shape index (κ1) is 28.8. The molecule has 2 aliphatic heterocycles. The van der Waals surface area contributed by atoms with Crippen LogP contribution in [0.2, 0.25) is 0 Å². The standard InChI is InChI=1S/C27H35NO8S/c1-18-10-12-21(13-11-18)37(32,33)28-22-16-34-26(30)9-5-7-20(3)24-15-14-23(29)25(36-24)17-35-27(31)8-4-6-19(22)2/h4-7,10-15,19-20,22-25,28-29H,8-9,16-17H2,1-3H3/b6-4+,7-5+/t19-,20-,22-,23+,24+,25-/m1/s1. The molecule has 0 radical (unpaired) electrons. The van der Waals surface area contributed by atoms with E-state index in [-0.39, 0.29) is 43.0 Å². The summed E-state index contributed by atoms with van der Waals surface area (Å²) in [6, 6.07) is 5.66. The summed E-state index contributed by atoms with van der Waals surface area (Å²) in [6.45, 7) is 5.23. The highest BCUT2D eigenvalue weighted by molar-refractivity contribution is 7.89. The second-order valence-corrected chi connectivity index (χ2v) is 11.1. The number of ether oxygens (including phenoxy) is 3. The molecule has 0 spiro atoms. The average molecular weight is 534 g/mol. The highest BCUT2D eigenvalue weighted by Gasteiger charge is 2.29. The average Bonchev–Trinajstić information content (AvgIpc) is 2.85. The van der Waals surface area contributed by atoms with Crippen molar-refractivity contribution < 1.29 is 37.3 Å². The van der Waals surface area contributed by atoms with Gasteiger partial charge >= 0.3 is 11.9 Å². The zero-order valence-electron chi connectivity index (χ0n) is 21.3. The highest BCUT2D eigenvalue weighted by Crippen LogP contribution is 2.21. The minimum absolute atomic E-state index is 0.00604. The summed E-state index contributed by atoms with van der Waals surface area (Å²) < 4.78 is 45.2. The summed E-state index contributed by atoms with van der Waals surface area (Å²) >= 11 is 0. The van der Waals surface area contributed by atoms with E-state index in [9.17, 15) is 23.1 Å². The third kappa shape index (κ3) is 8.63. The molecule has 0 saturated heterocycles. The molecule has 0 fully saturated rings. The van der Waals surface area contributed by atoms with Crippen LogP contribution in [0, 0.1) is 18.8 Å². The predicted molar refractivity (Wildman–Crippen MR) is 137 cm³/mol. The summed E-state index contributed by atoms with van der Waals surface area (Å²) in [4.78, 5) is 24.8. The summed E-state index contributed by atoms with van der Waals surface area (Å²) in [5.41, 5.74) is 0.926. The number of rotatable bonds is 3. The number of aliphatic hydroxyl groups excluding tert-OH is 1. The lowest BCUT2D eigenvalue weighted by atomic mass is 9.99. The fraction of sp³-hybridized carbons (Fsp3) is 0.481. The number of hydrogen-bond donors (Lipinski definition) is 2. The van der Waals surface area contributed by atoms with Crippen molar-refractivity contribution in [3.05, 3.63) is 66.3 Å². The highest BCUT2D eigenvalue weighted by atomic mass is 32.2. The molecule has 0 aromatic heterocycles. The van der Waals surface area contributed by atoms with Crippen molar-refractivity contribution in [3.8, 4) is 0 Å². The zero-order chi connectivity index (χ0) is 27.0. The van der Waals surface area contributed by atoms with Gasteiger partial charge in [-0.25, -0.2) is 13.1 Å². The topological polar surface area (TPSA) is 128 Å². The van der Waals surface area contributed by atoms with Crippen molar-refractivity contribution >= 4 is 22.0 Å². The third-order valence-electron chi connectivity index (χ3n) is 6.28. The van der Waals surface area contributed by atoms with Crippen molar-refractivity contribution in [2.24, 2.45) is 11.8 Å². The van der Waals surface area contributed by atoms with E-state index in [1.165, 1.54) is 12.1 Å². The molecular formula is C27H35NO8S. The molecule has 0 saturated carbocycles. The van der Waals surface area contributed by atoms with Gasteiger partial charge in [0.05, 0.1) is 29.9 Å². The van der Waals surface area contributed by atoms with Crippen LogP contribution in [0.5, 0.6) is 0 Å². The Morgan fingerprint density at radius 1 is 0.865 bits per heavy atom. The Morgan fingerprint density at radius 3 is 2.11 bits per heavy atom. The molecule has 37 heavy (non-hydrogen) atoms. The lowest BCUT2D eigenvalue weighted by Crippen LogP contribution is -2.42. The van der Waals surface area contributed by atoms with Crippen molar-refractivity contribution in [2.45, 2.75) is 62.9 Å². The minimum atomic E-state index is -3.88. The van der Waals surface area contributed by atoms with Crippen LogP contribution >= 0.6 is 0 Å². The predicted octanol–water partition coefficient (Wildman–Crippen LogP) is 2.59. The second kappa shape index (κ2) is 13.1. The van der Waals surface area contributed by atoms with E-state index in [0.29, 0.717) is 0 Å². The molecule has 2 N–H and O–H groups in total. The van der Waals surface area contributed by atoms with Crippen LogP contribution in [-0.4, -0.2) is 63.0 Å². The number of carbonyl (C=O) groups is 2. The molecule has 202 valence electrons. The Bertz CT molecular complexity index is 1130. The summed E-state index contributed by atoms with van der Waals surface area (Å²) in [5.74, 6) is -1.55. The van der Waals surface area contributed by atoms with Crippen molar-refractivity contribution in [1.82, 2.24) is 4.72 Å². The Kier molecular flexibility index (Phi) is 10.2. The Labute approximate surface area is 218 Å². The van der Waals surface area contributed by atoms with E-state index in [1.54, 1.807) is 49.4 Å². The number of aliphatic hydroxyl groups is 1. The minimum Gasteiger partial charge on any atom is -0.464 e. The van der Waals surface area contributed by atoms with E-state index >= 15 is 0 Å². The van der Waals surface area contributed by atoms with Gasteiger partial charge < -0.3 is 19.3 Å². The van der Waals surface area contributed by atoms with Crippen molar-refractivity contribution in [2.75, 3.05) is 13.2 Å². The summed E-state index contributed by atoms with van der Waals surface area (Å²) in [7, 11) is -3.88. The zero-order valence-corrected chi connectivity index (χ0v) is 22.1. The first-order valence-corrected chi connectivity index (χ1v) is 13.8. The van der Waals surface area contributed by atoms with Gasteiger partial charge in [0.15, 0.2) is 0 Å². The number of esters is 2. The first-order valence-electron chi connectivity index (χ1n) is 12.3. The maximum absolute atomic E-state index is 13.0. The van der Waals surface area contributed by atoms with Crippen molar-refractivity contribution in [3.63, 3.8) is 0 Å². The van der Waals surface area contributed by atoms with Crippen LogP contribution in [0.15, 0.2) is 65.6 Å². The smallest absolute Gasteiger partial charge is 0.309 e. The number of benzene rings is 1. The van der Waals surface area contributed by atoms with E-state index in [0.717, 1.165) is 5.56 Å². The van der Waals surface area contributed by atoms with Gasteiger partial charge in [-0.2, -0.15) is 0 Å². The lowest BCUT2D eigenvalue weighted by Gasteiger charge is -2.31. The Hall–Kier alpha value is -2.79. The molecule has 1 aromatic rings. The van der Waals surface area contributed by atoms with Crippen LogP contribution in [0.4, 0.5) is 0 Å². The van der Waals surface area contributed by atoms with Gasteiger partial charge in [-0.05, 0) is 25.0 Å². The normalized spacial score (nSPS) is 31.9. The van der Waals surface area contributed by atoms with E-state index < -0.39 is 46.1 Å². The third-order valence-corrected chi connectivity index (χ3v) is 7.79. The number of aryl methyl sites for hydroxylation is 1. The number of nitrogens with one attached hydrogen (secondary N) is 1. The van der Waals surface area contributed by atoms with Gasteiger partial charge in [0, 0.05) is 5.92 Å². The molecule has 2 bridgehead atoms.